The highest BCUT2D eigenvalue weighted by Crippen LogP contribution is 2.53. The van der Waals surface area contributed by atoms with Gasteiger partial charge in [0.05, 0.1) is 179 Å². The van der Waals surface area contributed by atoms with Gasteiger partial charge in [0, 0.05) is 144 Å². The van der Waals surface area contributed by atoms with Crippen LogP contribution in [0.3, 0.4) is 0 Å². The minimum Gasteiger partial charge on any atom is -0.324 e. The van der Waals surface area contributed by atoms with E-state index in [1.807, 2.05) is 0 Å². The molecule has 576 valence electrons. The Morgan fingerprint density at radius 2 is 0.714 bits per heavy atom. The predicted molar refractivity (Wildman–Crippen MR) is 428 cm³/mol. The van der Waals surface area contributed by atoms with Crippen LogP contribution >= 0.6 is 0 Å². The van der Waals surface area contributed by atoms with Gasteiger partial charge in [-0.3, -0.25) is 9.80 Å². The van der Waals surface area contributed by atoms with Crippen molar-refractivity contribution in [2.75, 3.05) is 138 Å². The lowest BCUT2D eigenvalue weighted by molar-refractivity contribution is -0.968. The summed E-state index contributed by atoms with van der Waals surface area (Å²) in [6, 6.07) is 10.9. The summed E-state index contributed by atoms with van der Waals surface area (Å²) in [6.45, 7) is 94.2. The third-order valence-electron chi connectivity index (χ3n) is 34.9. The van der Waals surface area contributed by atoms with E-state index in [0.717, 1.165) is 131 Å². The average molecular weight is 1380 g/mol. The first-order valence-corrected chi connectivity index (χ1v) is 44.0. The fourth-order valence-corrected chi connectivity index (χ4v) is 25.0. The van der Waals surface area contributed by atoms with Crippen LogP contribution in [0.4, 0.5) is 0 Å². The van der Waals surface area contributed by atoms with Gasteiger partial charge in [0.25, 0.3) is 0 Å². The van der Waals surface area contributed by atoms with Crippen molar-refractivity contribution in [1.82, 2.24) is 9.80 Å². The molecule has 0 aromatic rings. The number of piperidine rings is 8. The molecule has 9 nitrogen and oxygen atoms in total. The molecule has 4 unspecified atom stereocenters. The lowest BCUT2D eigenvalue weighted by Crippen LogP contribution is -2.65. The fourth-order valence-electron chi connectivity index (χ4n) is 25.0. The topological polar surface area (TPSA) is 6.48 Å². The Bertz CT molecular complexity index is 2210. The zero-order valence-corrected chi connectivity index (χ0v) is 72.5. The molecule has 15 heterocycles. The normalized spacial score (nSPS) is 39.9. The number of likely N-dealkylation sites (tertiary alicyclic amines) is 3. The second kappa shape index (κ2) is 33.8. The van der Waals surface area contributed by atoms with Crippen molar-refractivity contribution < 1.29 is 31.4 Å². The lowest BCUT2D eigenvalue weighted by atomic mass is 9.64. The number of hydrogen-bond acceptors (Lipinski definition) is 2. The van der Waals surface area contributed by atoms with E-state index < -0.39 is 0 Å². The second-order valence-electron chi connectivity index (χ2n) is 42.5. The minimum absolute atomic E-state index is 0.695. The van der Waals surface area contributed by atoms with E-state index in [-0.39, 0.29) is 0 Å². The molecule has 0 spiro atoms. The Hall–Kier alpha value is -0.360. The smallest absolute Gasteiger partial charge is 0.0918 e. The molecule has 4 atom stereocenters. The molecule has 0 saturated carbocycles. The molecule has 10 bridgehead atoms. The Kier molecular flexibility index (Phi) is 29.3. The number of quaternary nitrogens is 7. The maximum atomic E-state index is 2.75. The van der Waals surface area contributed by atoms with Crippen molar-refractivity contribution >= 4 is 0 Å². The van der Waals surface area contributed by atoms with Crippen LogP contribution in [0.15, 0.2) is 0 Å². The summed E-state index contributed by atoms with van der Waals surface area (Å²) in [7, 11) is 4.96. The molecule has 98 heavy (non-hydrogen) atoms. The van der Waals surface area contributed by atoms with Gasteiger partial charge in [0.15, 0.2) is 0 Å². The van der Waals surface area contributed by atoms with E-state index >= 15 is 0 Å². The first-order chi connectivity index (χ1) is 45.5. The average Bonchev–Trinajstić information content (AvgIpc) is 1.11. The van der Waals surface area contributed by atoms with Gasteiger partial charge in [-0.25, -0.2) is 0 Å². The van der Waals surface area contributed by atoms with Gasteiger partial charge in [-0.05, 0) is 199 Å². The molecule has 15 saturated heterocycles. The zero-order valence-electron chi connectivity index (χ0n) is 72.5. The van der Waals surface area contributed by atoms with Crippen molar-refractivity contribution in [3.63, 3.8) is 0 Å². The van der Waals surface area contributed by atoms with Crippen LogP contribution in [-0.4, -0.2) is 258 Å². The first kappa shape index (κ1) is 84.9. The van der Waals surface area contributed by atoms with Crippen LogP contribution in [0, 0.1) is 57.7 Å². The maximum absolute atomic E-state index is 2.75. The standard InChI is InChI=1S/2C14H28N.2C13H27N2.C13H26N.C12H24N.C10H22N/c1-10(2)12-8-13-6-7-14(9-12)15(13,5)11(3)4;1-12(2)14-7-5-9-15(11-14,13(3)4)10-6-8-14;1-10(2)14-6-12-8-15(5,11(3)4)9-13(12)7-14;1-11(2)14-7-10-15(12(3)4)8-5-13(14)6-9-15;1-11(2)13-5-8-14(9-6-13,10-7-13)12(3)4;1-10(2)12-5-7-13(9-12,8-6-12)11(3)4;1-9(2)11(10(3)4)7-5-6-8-11/h10-14H,6-9H2,1-5H3;12-13H,5-11H2,1-4H3;10-13H,6-9H2,1-5H3;11-13H,5-10H2,1-4H3;11-12H,5-10H2,1-4H3;10-11H,5-9H2,1-4H3;9-10H,5-8H2,1-4H3/q7*+1. The molecular formula is C89H182N9+7. The highest BCUT2D eigenvalue weighted by atomic mass is 15.5. The van der Waals surface area contributed by atoms with E-state index in [1.165, 1.54) is 265 Å². The SMILES string of the molecule is CC(C)C12CCC[N+](C(C)C)(CCC1)C2.CC(C)C12CC[N+](C(C)C)(CC1)C2.CC(C)C12CC[N+](C(C)C)(CC1)CC2.CC(C)C1CC2CCC(C1)[N+]2(C)C(C)C.CC(C)N1CC2C[N+](C)(C(C)C)CC2C1.CC(C)N1CC[N+]2(C(C)C)CCC1CC2.CC(C)[N+]1(C(C)C)CCCC1. The third kappa shape index (κ3) is 17.9. The Morgan fingerprint density at radius 1 is 0.337 bits per heavy atom. The molecule has 15 rings (SSSR count). The monoisotopic (exact) mass is 1380 g/mol. The summed E-state index contributed by atoms with van der Waals surface area (Å²) in [4.78, 5) is 5.41. The predicted octanol–water partition coefficient (Wildman–Crippen LogP) is 18.9. The summed E-state index contributed by atoms with van der Waals surface area (Å²) >= 11 is 0. The van der Waals surface area contributed by atoms with Crippen LogP contribution in [-0.2, 0) is 0 Å². The molecule has 9 heteroatoms. The lowest BCUT2D eigenvalue weighted by Gasteiger charge is -2.58. The van der Waals surface area contributed by atoms with E-state index in [9.17, 15) is 0 Å². The van der Waals surface area contributed by atoms with Gasteiger partial charge < -0.3 is 31.4 Å². The van der Waals surface area contributed by atoms with Crippen LogP contribution in [0.25, 0.3) is 0 Å². The summed E-state index contributed by atoms with van der Waals surface area (Å²) < 4.78 is 9.72. The summed E-state index contributed by atoms with van der Waals surface area (Å²) in [5.41, 5.74) is 2.15. The van der Waals surface area contributed by atoms with Crippen LogP contribution in [0.2, 0.25) is 0 Å². The number of hydrogen-bond donors (Lipinski definition) is 0. The molecule has 0 aromatic heterocycles. The largest absolute Gasteiger partial charge is 0.324 e. The number of rotatable bonds is 14. The Labute approximate surface area is 615 Å². The van der Waals surface area contributed by atoms with Crippen LogP contribution in [0.1, 0.15) is 303 Å². The van der Waals surface area contributed by atoms with Gasteiger partial charge in [-0.2, -0.15) is 0 Å². The Balaban J connectivity index is 0.000000161. The summed E-state index contributed by atoms with van der Waals surface area (Å²) in [5.74, 6) is 6.53. The third-order valence-corrected chi connectivity index (χ3v) is 34.9. The van der Waals surface area contributed by atoms with E-state index in [4.69, 9.17) is 0 Å². The van der Waals surface area contributed by atoms with Crippen LogP contribution < -0.4 is 0 Å². The van der Waals surface area contributed by atoms with Crippen molar-refractivity contribution in [2.45, 2.75) is 382 Å². The molecule has 0 amide bonds. The number of fused-ring (bicyclic) bond motifs is 14. The van der Waals surface area contributed by atoms with Crippen molar-refractivity contribution in [1.29, 1.82) is 0 Å². The van der Waals surface area contributed by atoms with Gasteiger partial charge in [-0.1, -0.05) is 55.4 Å². The molecule has 15 aliphatic heterocycles. The molecular weight excluding hydrogens is 1200 g/mol. The Morgan fingerprint density at radius 3 is 1.03 bits per heavy atom. The summed E-state index contributed by atoms with van der Waals surface area (Å²) in [5, 5.41) is 0. The fraction of sp³-hybridized carbons (Fsp3) is 1.00. The second-order valence-corrected chi connectivity index (χ2v) is 42.5. The zero-order chi connectivity index (χ0) is 73.2. The van der Waals surface area contributed by atoms with E-state index in [1.54, 1.807) is 0 Å². The van der Waals surface area contributed by atoms with Gasteiger partial charge in [0.1, 0.15) is 0 Å². The minimum atomic E-state index is 0.695. The van der Waals surface area contributed by atoms with Crippen molar-refractivity contribution in [2.24, 2.45) is 57.7 Å². The van der Waals surface area contributed by atoms with E-state index in [2.05, 4.69) is 218 Å². The van der Waals surface area contributed by atoms with Crippen molar-refractivity contribution in [3.8, 4) is 0 Å². The molecule has 15 aliphatic rings. The molecule has 0 aliphatic carbocycles. The van der Waals surface area contributed by atoms with Gasteiger partial charge in [-0.15, -0.1) is 0 Å². The summed E-state index contributed by atoms with van der Waals surface area (Å²) in [6.07, 6.45) is 25.1. The molecule has 15 fully saturated rings. The van der Waals surface area contributed by atoms with E-state index in [0.29, 0.717) is 5.41 Å². The van der Waals surface area contributed by atoms with Gasteiger partial charge in [0.2, 0.25) is 0 Å². The van der Waals surface area contributed by atoms with Crippen molar-refractivity contribution in [3.05, 3.63) is 0 Å². The highest BCUT2D eigenvalue weighted by molar-refractivity contribution is 4.95. The first-order valence-electron chi connectivity index (χ1n) is 44.0. The highest BCUT2D eigenvalue weighted by Gasteiger charge is 2.59. The number of nitrogens with zero attached hydrogens (tertiary/aromatic N) is 9. The van der Waals surface area contributed by atoms with Gasteiger partial charge >= 0.3 is 0 Å². The molecule has 0 aromatic carbocycles. The quantitative estimate of drug-likeness (QED) is 0.160. The molecule has 0 radical (unpaired) electrons. The molecule has 0 N–H and O–H groups in total. The maximum Gasteiger partial charge on any atom is 0.0918 e. The van der Waals surface area contributed by atoms with Crippen LogP contribution in [0.5, 0.6) is 0 Å².